The molecule has 0 aromatic heterocycles. The average molecular weight is 435 g/mol. The van der Waals surface area contributed by atoms with E-state index >= 15 is 0 Å². The second-order valence-corrected chi connectivity index (χ2v) is 9.95. The lowest BCUT2D eigenvalue weighted by molar-refractivity contribution is -0.200. The minimum atomic E-state index is -4.70. The highest BCUT2D eigenvalue weighted by atomic mass is 19.4. The van der Waals surface area contributed by atoms with Gasteiger partial charge in [-0.1, -0.05) is 26.7 Å². The normalized spacial score (nSPS) is 37.7. The van der Waals surface area contributed by atoms with Gasteiger partial charge in [0.1, 0.15) is 0 Å². The summed E-state index contributed by atoms with van der Waals surface area (Å²) >= 11 is 0. The van der Waals surface area contributed by atoms with Gasteiger partial charge in [-0.15, -0.1) is 0 Å². The Morgan fingerprint density at radius 3 is 1.80 bits per heavy atom. The summed E-state index contributed by atoms with van der Waals surface area (Å²) in [7, 11) is 0. The highest BCUT2D eigenvalue weighted by molar-refractivity contribution is 5.01. The highest BCUT2D eigenvalue weighted by Gasteiger charge is 2.37. The lowest BCUT2D eigenvalue weighted by Crippen LogP contribution is -2.38. The number of rotatable bonds is 6. The van der Waals surface area contributed by atoms with E-state index in [9.17, 15) is 17.6 Å². The van der Waals surface area contributed by atoms with Crippen LogP contribution < -0.4 is 0 Å². The molecule has 2 saturated carbocycles. The molecule has 0 amide bonds. The maximum atomic E-state index is 13.6. The molecule has 1 unspecified atom stereocenters. The van der Waals surface area contributed by atoms with Crippen LogP contribution in [0.25, 0.3) is 0 Å². The summed E-state index contributed by atoms with van der Waals surface area (Å²) in [5, 5.41) is 0. The van der Waals surface area contributed by atoms with Crippen LogP contribution in [0.3, 0.4) is 0 Å². The van der Waals surface area contributed by atoms with Crippen molar-refractivity contribution in [2.75, 3.05) is 13.2 Å². The van der Waals surface area contributed by atoms with Gasteiger partial charge in [-0.2, -0.15) is 13.2 Å². The van der Waals surface area contributed by atoms with Gasteiger partial charge in [-0.25, -0.2) is 4.39 Å². The van der Waals surface area contributed by atoms with Crippen molar-refractivity contribution in [3.05, 3.63) is 11.9 Å². The van der Waals surface area contributed by atoms with Crippen molar-refractivity contribution >= 4 is 0 Å². The molecule has 0 aromatic rings. The van der Waals surface area contributed by atoms with Crippen LogP contribution in [0, 0.1) is 35.5 Å². The summed E-state index contributed by atoms with van der Waals surface area (Å²) in [4.78, 5) is 0. The van der Waals surface area contributed by atoms with Crippen molar-refractivity contribution < 1.29 is 27.0 Å². The zero-order valence-corrected chi connectivity index (χ0v) is 18.4. The number of allylic oxidation sites excluding steroid dienone is 1. The summed E-state index contributed by atoms with van der Waals surface area (Å²) in [6.45, 7) is 5.25. The van der Waals surface area contributed by atoms with E-state index in [1.807, 2.05) is 0 Å². The number of hydrogen-bond acceptors (Lipinski definition) is 2. The molecule has 6 heteroatoms. The van der Waals surface area contributed by atoms with E-state index in [4.69, 9.17) is 9.47 Å². The third-order valence-electron chi connectivity index (χ3n) is 7.97. The fourth-order valence-corrected chi connectivity index (χ4v) is 6.14. The predicted molar refractivity (Wildman–Crippen MR) is 109 cm³/mol. The summed E-state index contributed by atoms with van der Waals surface area (Å²) in [5.41, 5.74) is 0. The van der Waals surface area contributed by atoms with Crippen LogP contribution in [-0.2, 0) is 9.47 Å². The van der Waals surface area contributed by atoms with Crippen LogP contribution in [0.5, 0.6) is 0 Å². The number of halogens is 4. The fourth-order valence-electron chi connectivity index (χ4n) is 6.14. The van der Waals surface area contributed by atoms with E-state index in [1.165, 1.54) is 51.4 Å². The second kappa shape index (κ2) is 10.8. The van der Waals surface area contributed by atoms with Crippen LogP contribution in [0.4, 0.5) is 17.6 Å². The topological polar surface area (TPSA) is 18.5 Å². The maximum Gasteiger partial charge on any atom is 0.412 e. The van der Waals surface area contributed by atoms with Gasteiger partial charge >= 0.3 is 6.18 Å². The molecule has 0 bridgehead atoms. The molecular weight excluding hydrogens is 396 g/mol. The Morgan fingerprint density at radius 1 is 0.867 bits per heavy atom. The predicted octanol–water partition coefficient (Wildman–Crippen LogP) is 7.44. The molecule has 30 heavy (non-hydrogen) atoms. The van der Waals surface area contributed by atoms with Crippen molar-refractivity contribution in [3.8, 4) is 0 Å². The van der Waals surface area contributed by atoms with Gasteiger partial charge < -0.3 is 9.47 Å². The summed E-state index contributed by atoms with van der Waals surface area (Å²) in [6, 6.07) is 0. The second-order valence-electron chi connectivity index (χ2n) is 9.95. The largest absolute Gasteiger partial charge is 0.412 e. The SMILES string of the molecule is CCCC(C)C1CCC(C2CCC(C3COC(/C(F)=C/C(F)(F)F)OC3)CC2)CC1. The standard InChI is InChI=1S/C24H38F4O2/c1-3-4-16(2)17-5-7-18(8-6-17)19-9-11-20(12-10-19)21-14-29-23(30-15-21)22(25)13-24(26,27)28/h13,16-21,23H,3-12,14-15H2,1-2H3/b22-13-. The zero-order valence-electron chi connectivity index (χ0n) is 18.4. The quantitative estimate of drug-likeness (QED) is 0.405. The molecule has 0 radical (unpaired) electrons. The summed E-state index contributed by atoms with van der Waals surface area (Å²) in [6.07, 6.45) is 6.27. The van der Waals surface area contributed by atoms with E-state index in [0.29, 0.717) is 5.92 Å². The smallest absolute Gasteiger partial charge is 0.346 e. The van der Waals surface area contributed by atoms with Crippen molar-refractivity contribution in [1.29, 1.82) is 0 Å². The Morgan fingerprint density at radius 2 is 1.33 bits per heavy atom. The van der Waals surface area contributed by atoms with Gasteiger partial charge in [0.2, 0.25) is 6.29 Å². The van der Waals surface area contributed by atoms with Crippen LogP contribution in [0.15, 0.2) is 11.9 Å². The van der Waals surface area contributed by atoms with Crippen LogP contribution in [0.2, 0.25) is 0 Å². The van der Waals surface area contributed by atoms with Crippen LogP contribution in [-0.4, -0.2) is 25.7 Å². The first-order valence-corrected chi connectivity index (χ1v) is 11.9. The molecular formula is C24H38F4O2. The molecule has 3 aliphatic rings. The van der Waals surface area contributed by atoms with E-state index in [-0.39, 0.29) is 25.2 Å². The van der Waals surface area contributed by atoms with Gasteiger partial charge in [-0.05, 0) is 81.0 Å². The van der Waals surface area contributed by atoms with Crippen molar-refractivity contribution in [1.82, 2.24) is 0 Å². The molecule has 174 valence electrons. The monoisotopic (exact) mass is 434 g/mol. The van der Waals surface area contributed by atoms with Crippen molar-refractivity contribution in [2.24, 2.45) is 35.5 Å². The molecule has 1 saturated heterocycles. The summed E-state index contributed by atoms with van der Waals surface area (Å²) < 4.78 is 61.0. The third kappa shape index (κ3) is 6.69. The minimum Gasteiger partial charge on any atom is -0.346 e. The van der Waals surface area contributed by atoms with Gasteiger partial charge in [0.25, 0.3) is 0 Å². The lowest BCUT2D eigenvalue weighted by atomic mass is 9.66. The fraction of sp³-hybridized carbons (Fsp3) is 0.917. The van der Waals surface area contributed by atoms with E-state index < -0.39 is 18.3 Å². The molecule has 3 fully saturated rings. The van der Waals surface area contributed by atoms with Crippen molar-refractivity contribution in [2.45, 2.75) is 90.5 Å². The average Bonchev–Trinajstić information content (AvgIpc) is 2.73. The zero-order chi connectivity index (χ0) is 21.7. The molecule has 3 rings (SSSR count). The van der Waals surface area contributed by atoms with Gasteiger partial charge in [0.15, 0.2) is 5.83 Å². The Hall–Kier alpha value is -0.620. The minimum absolute atomic E-state index is 0.159. The number of ether oxygens (including phenoxy) is 2. The molecule has 0 spiro atoms. The Bertz CT molecular complexity index is 538. The molecule has 1 heterocycles. The van der Waals surface area contributed by atoms with E-state index in [0.717, 1.165) is 36.5 Å². The third-order valence-corrected chi connectivity index (χ3v) is 7.97. The van der Waals surface area contributed by atoms with Gasteiger partial charge in [-0.3, -0.25) is 0 Å². The molecule has 0 N–H and O–H groups in total. The van der Waals surface area contributed by atoms with Crippen molar-refractivity contribution in [3.63, 3.8) is 0 Å². The first-order chi connectivity index (χ1) is 14.3. The molecule has 1 atom stereocenters. The summed E-state index contributed by atoms with van der Waals surface area (Å²) in [5.74, 6) is 2.68. The Labute approximate surface area is 178 Å². The molecule has 2 aliphatic carbocycles. The molecule has 0 aromatic carbocycles. The first-order valence-electron chi connectivity index (χ1n) is 11.9. The van der Waals surface area contributed by atoms with E-state index in [2.05, 4.69) is 13.8 Å². The van der Waals surface area contributed by atoms with Gasteiger partial charge in [0.05, 0.1) is 19.3 Å². The lowest BCUT2D eigenvalue weighted by Gasteiger charge is -2.41. The number of hydrogen-bond donors (Lipinski definition) is 0. The van der Waals surface area contributed by atoms with Crippen LogP contribution >= 0.6 is 0 Å². The van der Waals surface area contributed by atoms with Gasteiger partial charge in [0, 0.05) is 5.92 Å². The highest BCUT2D eigenvalue weighted by Crippen LogP contribution is 2.45. The number of alkyl halides is 3. The van der Waals surface area contributed by atoms with Crippen LogP contribution in [0.1, 0.15) is 78.1 Å². The van der Waals surface area contributed by atoms with E-state index in [1.54, 1.807) is 0 Å². The Kier molecular flexibility index (Phi) is 8.65. The molecule has 2 nitrogen and oxygen atoms in total. The molecule has 1 aliphatic heterocycles. The first kappa shape index (κ1) is 24.0. The Balaban J connectivity index is 1.38. The maximum absolute atomic E-state index is 13.6.